The van der Waals surface area contributed by atoms with E-state index in [1.165, 1.54) is 17.3 Å². The first-order valence-electron chi connectivity index (χ1n) is 9.15. The quantitative estimate of drug-likeness (QED) is 0.513. The minimum absolute atomic E-state index is 0.0503. The van der Waals surface area contributed by atoms with Crippen LogP contribution in [0.2, 0.25) is 5.02 Å². The summed E-state index contributed by atoms with van der Waals surface area (Å²) in [5.41, 5.74) is 2.02. The summed E-state index contributed by atoms with van der Waals surface area (Å²) in [7, 11) is 0. The number of amides is 1. The van der Waals surface area contributed by atoms with Gasteiger partial charge in [0.2, 0.25) is 11.8 Å². The molecule has 146 valence electrons. The second kappa shape index (κ2) is 9.75. The number of aromatic nitrogens is 2. The molecule has 0 saturated heterocycles. The molecule has 3 aromatic rings. The van der Waals surface area contributed by atoms with Crippen LogP contribution in [0.25, 0.3) is 11.5 Å². The summed E-state index contributed by atoms with van der Waals surface area (Å²) in [6.45, 7) is 4.55. The zero-order valence-electron chi connectivity index (χ0n) is 15.8. The van der Waals surface area contributed by atoms with Crippen molar-refractivity contribution < 1.29 is 9.21 Å². The fourth-order valence-electron chi connectivity index (χ4n) is 2.76. The number of benzene rings is 2. The molecular formula is C21H22ClN3O2S. The highest BCUT2D eigenvalue weighted by atomic mass is 35.5. The van der Waals surface area contributed by atoms with Gasteiger partial charge < -0.3 is 9.73 Å². The van der Waals surface area contributed by atoms with Crippen molar-refractivity contribution in [2.75, 3.05) is 6.54 Å². The topological polar surface area (TPSA) is 68.0 Å². The van der Waals surface area contributed by atoms with E-state index in [0.29, 0.717) is 28.6 Å². The van der Waals surface area contributed by atoms with Gasteiger partial charge in [-0.2, -0.15) is 0 Å². The van der Waals surface area contributed by atoms with Crippen molar-refractivity contribution in [2.24, 2.45) is 0 Å². The van der Waals surface area contributed by atoms with Gasteiger partial charge >= 0.3 is 0 Å². The monoisotopic (exact) mass is 415 g/mol. The fraction of sp³-hybridized carbons (Fsp3) is 0.286. The van der Waals surface area contributed by atoms with E-state index in [0.717, 1.165) is 12.0 Å². The Labute approximate surface area is 173 Å². The number of thioether (sulfide) groups is 1. The number of hydrogen-bond acceptors (Lipinski definition) is 5. The van der Waals surface area contributed by atoms with Crippen molar-refractivity contribution in [3.8, 4) is 11.5 Å². The number of hydrogen-bond donors (Lipinski definition) is 1. The number of carbonyl (C=O) groups is 1. The largest absolute Gasteiger partial charge is 0.411 e. The van der Waals surface area contributed by atoms with E-state index < -0.39 is 0 Å². The summed E-state index contributed by atoms with van der Waals surface area (Å²) >= 11 is 7.14. The molecular weight excluding hydrogens is 394 g/mol. The second-order valence-electron chi connectivity index (χ2n) is 6.40. The Kier molecular flexibility index (Phi) is 7.12. The van der Waals surface area contributed by atoms with Crippen molar-refractivity contribution in [2.45, 2.75) is 36.7 Å². The van der Waals surface area contributed by atoms with Crippen molar-refractivity contribution in [3.63, 3.8) is 0 Å². The molecule has 7 heteroatoms. The maximum absolute atomic E-state index is 12.5. The fourth-order valence-corrected chi connectivity index (χ4v) is 3.60. The number of nitrogens with one attached hydrogen (secondary N) is 1. The van der Waals surface area contributed by atoms with Crippen LogP contribution in [-0.2, 0) is 4.79 Å². The maximum Gasteiger partial charge on any atom is 0.277 e. The van der Waals surface area contributed by atoms with Gasteiger partial charge in [-0.3, -0.25) is 4.79 Å². The van der Waals surface area contributed by atoms with Crippen LogP contribution < -0.4 is 5.32 Å². The summed E-state index contributed by atoms with van der Waals surface area (Å²) in [5.74, 6) is 0.648. The molecule has 0 fully saturated rings. The number of nitrogens with zero attached hydrogens (tertiary/aromatic N) is 2. The van der Waals surface area contributed by atoms with Crippen LogP contribution in [0.3, 0.4) is 0 Å². The molecule has 1 amide bonds. The highest BCUT2D eigenvalue weighted by Gasteiger charge is 2.20. The highest BCUT2D eigenvalue weighted by Crippen LogP contribution is 2.27. The summed E-state index contributed by atoms with van der Waals surface area (Å²) < 4.78 is 5.66. The summed E-state index contributed by atoms with van der Waals surface area (Å²) in [6, 6.07) is 17.4. The van der Waals surface area contributed by atoms with Gasteiger partial charge in [-0.1, -0.05) is 60.6 Å². The molecule has 0 aliphatic heterocycles. The zero-order chi connectivity index (χ0) is 19.9. The second-order valence-corrected chi connectivity index (χ2v) is 8.13. The van der Waals surface area contributed by atoms with Crippen LogP contribution in [0, 0.1) is 0 Å². The molecule has 0 spiro atoms. The Morgan fingerprint density at radius 3 is 2.54 bits per heavy atom. The lowest BCUT2D eigenvalue weighted by atomic mass is 9.96. The first-order valence-corrected chi connectivity index (χ1v) is 10.4. The third-order valence-electron chi connectivity index (χ3n) is 4.43. The van der Waals surface area contributed by atoms with Crippen LogP contribution in [0.15, 0.2) is 64.2 Å². The number of halogens is 1. The molecule has 2 aromatic carbocycles. The number of carbonyl (C=O) groups excluding carboxylic acids is 1. The Morgan fingerprint density at radius 2 is 1.86 bits per heavy atom. The molecule has 0 bridgehead atoms. The molecule has 1 aromatic heterocycles. The summed E-state index contributed by atoms with van der Waals surface area (Å²) in [4.78, 5) is 12.5. The van der Waals surface area contributed by atoms with Gasteiger partial charge in [0.05, 0.1) is 5.25 Å². The van der Waals surface area contributed by atoms with E-state index in [9.17, 15) is 4.79 Å². The van der Waals surface area contributed by atoms with Gasteiger partial charge in [-0.05, 0) is 43.2 Å². The van der Waals surface area contributed by atoms with Crippen molar-refractivity contribution >= 4 is 29.3 Å². The van der Waals surface area contributed by atoms with Gasteiger partial charge in [-0.15, -0.1) is 10.2 Å². The third-order valence-corrected chi connectivity index (χ3v) is 5.62. The van der Waals surface area contributed by atoms with Gasteiger partial charge in [0.1, 0.15) is 0 Å². The van der Waals surface area contributed by atoms with Gasteiger partial charge in [0.25, 0.3) is 5.22 Å². The Balaban J connectivity index is 1.55. The zero-order valence-corrected chi connectivity index (χ0v) is 17.3. The average Bonchev–Trinajstić information content (AvgIpc) is 3.18. The molecule has 2 atom stereocenters. The van der Waals surface area contributed by atoms with Gasteiger partial charge in [-0.25, -0.2) is 0 Å². The lowest BCUT2D eigenvalue weighted by Gasteiger charge is -2.17. The minimum atomic E-state index is -0.341. The lowest BCUT2D eigenvalue weighted by molar-refractivity contribution is -0.120. The molecule has 0 unspecified atom stereocenters. The van der Waals surface area contributed by atoms with Crippen LogP contribution in [0.5, 0.6) is 0 Å². The van der Waals surface area contributed by atoms with Gasteiger partial charge in [0, 0.05) is 23.0 Å². The molecule has 0 radical (unpaired) electrons. The van der Waals surface area contributed by atoms with E-state index in [1.54, 1.807) is 12.1 Å². The lowest BCUT2D eigenvalue weighted by Crippen LogP contribution is -2.34. The standard InChI is InChI=1S/C21H22ClN3O2S/c1-3-15(16-7-5-4-6-8-16)13-23-19(26)14(2)28-21-25-24-20(27-21)17-9-11-18(22)12-10-17/h4-12,14-15H,3,13H2,1-2H3,(H,23,26)/t14-,15+/m0/s1. The van der Waals surface area contributed by atoms with Crippen LogP contribution in [-0.4, -0.2) is 27.9 Å². The van der Waals surface area contributed by atoms with Crippen molar-refractivity contribution in [3.05, 3.63) is 65.2 Å². The smallest absolute Gasteiger partial charge is 0.277 e. The van der Waals surface area contributed by atoms with E-state index in [1.807, 2.05) is 37.3 Å². The molecule has 28 heavy (non-hydrogen) atoms. The molecule has 0 aliphatic carbocycles. The summed E-state index contributed by atoms with van der Waals surface area (Å²) in [6.07, 6.45) is 0.958. The molecule has 1 heterocycles. The van der Waals surface area contributed by atoms with E-state index in [-0.39, 0.29) is 11.2 Å². The SMILES string of the molecule is CC[C@H](CNC(=O)[C@H](C)Sc1nnc(-c2ccc(Cl)cc2)o1)c1ccccc1. The Morgan fingerprint density at radius 1 is 1.14 bits per heavy atom. The molecule has 0 saturated carbocycles. The number of rotatable bonds is 8. The molecule has 0 aliphatic rings. The first-order chi connectivity index (χ1) is 13.6. The summed E-state index contributed by atoms with van der Waals surface area (Å²) in [5, 5.41) is 11.8. The van der Waals surface area contributed by atoms with Crippen molar-refractivity contribution in [1.29, 1.82) is 0 Å². The van der Waals surface area contributed by atoms with Crippen LogP contribution in [0.4, 0.5) is 0 Å². The maximum atomic E-state index is 12.5. The predicted octanol–water partition coefficient (Wildman–Crippen LogP) is 5.18. The Hall–Kier alpha value is -2.31. The molecule has 3 rings (SSSR count). The average molecular weight is 416 g/mol. The van der Waals surface area contributed by atoms with Crippen LogP contribution in [0.1, 0.15) is 31.7 Å². The Bertz CT molecular complexity index is 900. The highest BCUT2D eigenvalue weighted by molar-refractivity contribution is 8.00. The normalized spacial score (nSPS) is 13.1. The van der Waals surface area contributed by atoms with E-state index >= 15 is 0 Å². The van der Waals surface area contributed by atoms with E-state index in [4.69, 9.17) is 16.0 Å². The first kappa shape index (κ1) is 20.4. The third kappa shape index (κ3) is 5.36. The minimum Gasteiger partial charge on any atom is -0.411 e. The molecule has 5 nitrogen and oxygen atoms in total. The van der Waals surface area contributed by atoms with Crippen LogP contribution >= 0.6 is 23.4 Å². The van der Waals surface area contributed by atoms with E-state index in [2.05, 4.69) is 34.6 Å². The molecule has 1 N–H and O–H groups in total. The van der Waals surface area contributed by atoms with Gasteiger partial charge in [0.15, 0.2) is 0 Å². The predicted molar refractivity (Wildman–Crippen MR) is 113 cm³/mol. The van der Waals surface area contributed by atoms with Crippen molar-refractivity contribution in [1.82, 2.24) is 15.5 Å².